The molecule has 0 aliphatic carbocycles. The van der Waals surface area contributed by atoms with Gasteiger partial charge in [0.05, 0.1) is 19.3 Å². The molecule has 0 aromatic rings. The van der Waals surface area contributed by atoms with Crippen molar-refractivity contribution in [1.82, 2.24) is 15.1 Å². The van der Waals surface area contributed by atoms with E-state index in [1.54, 1.807) is 0 Å². The Kier molecular flexibility index (Phi) is 4.68. The number of hydrogen-bond donors (Lipinski definition) is 1. The predicted octanol–water partition coefficient (Wildman–Crippen LogP) is 0.226. The first-order valence-electron chi connectivity index (χ1n) is 8.47. The largest absolute Gasteiger partial charge is 0.380 e. The van der Waals surface area contributed by atoms with E-state index in [-0.39, 0.29) is 17.9 Å². The van der Waals surface area contributed by atoms with Gasteiger partial charge in [0.15, 0.2) is 0 Å². The number of likely N-dealkylation sites (tertiary alicyclic amines) is 1. The summed E-state index contributed by atoms with van der Waals surface area (Å²) >= 11 is 0. The zero-order valence-corrected chi connectivity index (χ0v) is 13.5. The van der Waals surface area contributed by atoms with Crippen molar-refractivity contribution in [3.05, 3.63) is 0 Å². The fraction of sp³-hybridized carbons (Fsp3) is 0.875. The number of hydrogen-bond acceptors (Lipinski definition) is 4. The third kappa shape index (κ3) is 3.27. The van der Waals surface area contributed by atoms with E-state index >= 15 is 0 Å². The molecular weight excluding hydrogens is 282 g/mol. The second-order valence-corrected chi connectivity index (χ2v) is 6.98. The van der Waals surface area contributed by atoms with Crippen molar-refractivity contribution in [2.45, 2.75) is 38.6 Å². The second-order valence-electron chi connectivity index (χ2n) is 6.98. The molecule has 0 aromatic carbocycles. The number of carbonyl (C=O) groups is 2. The number of ether oxygens (including phenoxy) is 1. The van der Waals surface area contributed by atoms with Crippen LogP contribution in [-0.2, 0) is 14.3 Å². The van der Waals surface area contributed by atoms with Crippen molar-refractivity contribution >= 4 is 11.8 Å². The fourth-order valence-corrected chi connectivity index (χ4v) is 3.60. The maximum Gasteiger partial charge on any atom is 0.239 e. The normalized spacial score (nSPS) is 27.9. The Morgan fingerprint density at radius 3 is 2.68 bits per heavy atom. The van der Waals surface area contributed by atoms with E-state index in [1.807, 2.05) is 16.7 Å². The van der Waals surface area contributed by atoms with Gasteiger partial charge in [-0.1, -0.05) is 0 Å². The van der Waals surface area contributed by atoms with E-state index in [0.29, 0.717) is 18.4 Å². The molecular formula is C16H27N3O3. The molecule has 1 spiro atoms. The van der Waals surface area contributed by atoms with E-state index in [9.17, 15) is 9.59 Å². The molecule has 0 unspecified atom stereocenters. The highest BCUT2D eigenvalue weighted by Gasteiger charge is 2.41. The van der Waals surface area contributed by atoms with Crippen molar-refractivity contribution in [3.8, 4) is 0 Å². The maximum atomic E-state index is 12.3. The number of amides is 2. The quantitative estimate of drug-likeness (QED) is 0.807. The summed E-state index contributed by atoms with van der Waals surface area (Å²) in [6.07, 6.45) is 3.47. The van der Waals surface area contributed by atoms with Crippen LogP contribution in [0.5, 0.6) is 0 Å². The summed E-state index contributed by atoms with van der Waals surface area (Å²) in [4.78, 5) is 28.1. The van der Waals surface area contributed by atoms with Gasteiger partial charge in [0.1, 0.15) is 0 Å². The van der Waals surface area contributed by atoms with Crippen LogP contribution in [0.2, 0.25) is 0 Å². The third-order valence-electron chi connectivity index (χ3n) is 5.33. The molecule has 3 rings (SSSR count). The van der Waals surface area contributed by atoms with E-state index in [1.165, 1.54) is 0 Å². The lowest BCUT2D eigenvalue weighted by Crippen LogP contribution is -2.54. The van der Waals surface area contributed by atoms with Gasteiger partial charge in [-0.05, 0) is 26.2 Å². The number of piperidine rings is 1. The monoisotopic (exact) mass is 309 g/mol. The van der Waals surface area contributed by atoms with Crippen molar-refractivity contribution in [2.75, 3.05) is 45.9 Å². The van der Waals surface area contributed by atoms with Crippen LogP contribution in [0.4, 0.5) is 0 Å². The van der Waals surface area contributed by atoms with Crippen molar-refractivity contribution in [3.63, 3.8) is 0 Å². The highest BCUT2D eigenvalue weighted by Crippen LogP contribution is 2.38. The number of nitrogens with zero attached hydrogens (tertiary/aromatic N) is 2. The summed E-state index contributed by atoms with van der Waals surface area (Å²) in [6.45, 7) is 7.67. The van der Waals surface area contributed by atoms with Crippen LogP contribution < -0.4 is 5.32 Å². The molecule has 6 heteroatoms. The Balaban J connectivity index is 1.37. The van der Waals surface area contributed by atoms with Crippen LogP contribution >= 0.6 is 0 Å². The highest BCUT2D eigenvalue weighted by atomic mass is 16.5. The number of carbonyl (C=O) groups excluding carboxylic acids is 2. The van der Waals surface area contributed by atoms with Crippen molar-refractivity contribution < 1.29 is 14.3 Å². The number of rotatable bonds is 4. The number of nitrogens with one attached hydrogen (secondary N) is 1. The van der Waals surface area contributed by atoms with Crippen LogP contribution in [0.25, 0.3) is 0 Å². The topological polar surface area (TPSA) is 61.9 Å². The molecule has 2 amide bonds. The molecule has 0 saturated carbocycles. The lowest BCUT2D eigenvalue weighted by atomic mass is 9.77. The van der Waals surface area contributed by atoms with Gasteiger partial charge in [-0.3, -0.25) is 9.59 Å². The summed E-state index contributed by atoms with van der Waals surface area (Å²) in [5.74, 6) is 0.398. The molecule has 3 aliphatic heterocycles. The van der Waals surface area contributed by atoms with Gasteiger partial charge in [0, 0.05) is 44.6 Å². The average molecular weight is 309 g/mol. The molecule has 6 nitrogen and oxygen atoms in total. The minimum absolute atomic E-state index is 0.0903. The first kappa shape index (κ1) is 15.7. The fourth-order valence-electron chi connectivity index (χ4n) is 3.60. The summed E-state index contributed by atoms with van der Waals surface area (Å²) < 4.78 is 5.32. The molecule has 0 radical (unpaired) electrons. The molecule has 0 bridgehead atoms. The minimum Gasteiger partial charge on any atom is -0.380 e. The lowest BCUT2D eigenvalue weighted by Gasteiger charge is -2.47. The average Bonchev–Trinajstić information content (AvgIpc) is 2.50. The third-order valence-corrected chi connectivity index (χ3v) is 5.33. The Bertz CT molecular complexity index is 426. The molecule has 3 saturated heterocycles. The summed E-state index contributed by atoms with van der Waals surface area (Å²) in [5.41, 5.74) is 0.375. The van der Waals surface area contributed by atoms with Gasteiger partial charge in [0.25, 0.3) is 0 Å². The molecule has 22 heavy (non-hydrogen) atoms. The van der Waals surface area contributed by atoms with Gasteiger partial charge < -0.3 is 19.9 Å². The second kappa shape index (κ2) is 6.54. The van der Waals surface area contributed by atoms with E-state index < -0.39 is 0 Å². The van der Waals surface area contributed by atoms with E-state index in [2.05, 4.69) is 5.32 Å². The standard InChI is InChI=1S/C16H27N3O3/c1-13-15(21)19(10-6-17-13)7-2-3-14(20)18-8-4-16(5-9-18)11-22-12-16/h13,17H,2-12H2,1H3/t13-/m0/s1. The van der Waals surface area contributed by atoms with Crippen molar-refractivity contribution in [1.29, 1.82) is 0 Å². The Morgan fingerprint density at radius 2 is 2.05 bits per heavy atom. The number of piperazine rings is 1. The molecule has 1 N–H and O–H groups in total. The predicted molar refractivity (Wildman–Crippen MR) is 82.3 cm³/mol. The summed E-state index contributed by atoms with van der Waals surface area (Å²) in [6, 6.07) is -0.0903. The van der Waals surface area contributed by atoms with Gasteiger partial charge >= 0.3 is 0 Å². The van der Waals surface area contributed by atoms with Crippen molar-refractivity contribution in [2.24, 2.45) is 5.41 Å². The molecule has 3 heterocycles. The summed E-state index contributed by atoms with van der Waals surface area (Å²) in [7, 11) is 0. The van der Waals surface area contributed by atoms with Crippen LogP contribution in [-0.4, -0.2) is 73.6 Å². The summed E-state index contributed by atoms with van der Waals surface area (Å²) in [5, 5.41) is 3.15. The molecule has 3 aliphatic rings. The van der Waals surface area contributed by atoms with Crippen LogP contribution in [0.1, 0.15) is 32.6 Å². The van der Waals surface area contributed by atoms with E-state index in [4.69, 9.17) is 4.74 Å². The minimum atomic E-state index is -0.0903. The smallest absolute Gasteiger partial charge is 0.239 e. The molecule has 124 valence electrons. The van der Waals surface area contributed by atoms with Crippen LogP contribution in [0, 0.1) is 5.41 Å². The van der Waals surface area contributed by atoms with Gasteiger partial charge in [0.2, 0.25) is 11.8 Å². The Labute approximate surface area is 132 Å². The van der Waals surface area contributed by atoms with Crippen LogP contribution in [0.15, 0.2) is 0 Å². The van der Waals surface area contributed by atoms with Gasteiger partial charge in [-0.25, -0.2) is 0 Å². The zero-order chi connectivity index (χ0) is 15.6. The Hall–Kier alpha value is -1.14. The van der Waals surface area contributed by atoms with E-state index in [0.717, 1.165) is 58.7 Å². The Morgan fingerprint density at radius 1 is 1.32 bits per heavy atom. The molecule has 3 fully saturated rings. The molecule has 0 aromatic heterocycles. The SMILES string of the molecule is C[C@@H]1NCCN(CCCC(=O)N2CCC3(CC2)COC3)C1=O. The maximum absolute atomic E-state index is 12.3. The zero-order valence-electron chi connectivity index (χ0n) is 13.5. The van der Waals surface area contributed by atoms with Crippen LogP contribution in [0.3, 0.4) is 0 Å². The lowest BCUT2D eigenvalue weighted by molar-refractivity contribution is -0.153. The highest BCUT2D eigenvalue weighted by molar-refractivity contribution is 5.82. The first-order valence-corrected chi connectivity index (χ1v) is 8.47. The molecule has 1 atom stereocenters. The first-order chi connectivity index (χ1) is 10.6. The van der Waals surface area contributed by atoms with Gasteiger partial charge in [-0.2, -0.15) is 0 Å². The van der Waals surface area contributed by atoms with Gasteiger partial charge in [-0.15, -0.1) is 0 Å².